The summed E-state index contributed by atoms with van der Waals surface area (Å²) in [6.45, 7) is 5.42. The molecule has 3 saturated carbocycles. The molecule has 140 valence electrons. The molecule has 0 unspecified atom stereocenters. The molecule has 1 heterocycles. The number of ketones is 1. The molecule has 3 nitrogen and oxygen atoms in total. The highest BCUT2D eigenvalue weighted by Gasteiger charge is 2.58. The monoisotopic (exact) mass is 354 g/mol. The summed E-state index contributed by atoms with van der Waals surface area (Å²) in [6.07, 6.45) is 13.0. The van der Waals surface area contributed by atoms with Crippen LogP contribution in [0.1, 0.15) is 65.2 Å². The first-order chi connectivity index (χ1) is 12.4. The maximum absolute atomic E-state index is 12.0. The van der Waals surface area contributed by atoms with Gasteiger partial charge in [-0.3, -0.25) is 4.79 Å². The lowest BCUT2D eigenvalue weighted by atomic mass is 9.46. The van der Waals surface area contributed by atoms with Gasteiger partial charge in [0.25, 0.3) is 0 Å². The number of ether oxygens (including phenoxy) is 1. The first kappa shape index (κ1) is 16.8. The van der Waals surface area contributed by atoms with Crippen LogP contribution in [0.5, 0.6) is 0 Å². The van der Waals surface area contributed by atoms with Gasteiger partial charge in [0.15, 0.2) is 0 Å². The van der Waals surface area contributed by atoms with E-state index >= 15 is 0 Å². The quantitative estimate of drug-likeness (QED) is 0.510. The smallest absolute Gasteiger partial charge is 0.331 e. The molecular formula is C23H30O3. The molecular weight excluding hydrogens is 324 g/mol. The SMILES string of the molecule is C[C@]12CCC(=O)C[C@H]1CC[C@H]1C3=CC[C@H](C4=CC(=O)OC4)[C@@]3(C)CC[C@@H]12. The Morgan fingerprint density at radius 2 is 1.96 bits per heavy atom. The van der Waals surface area contributed by atoms with Crippen LogP contribution in [0.25, 0.3) is 0 Å². The Bertz CT molecular complexity index is 732. The Morgan fingerprint density at radius 3 is 2.73 bits per heavy atom. The van der Waals surface area contributed by atoms with Crippen LogP contribution < -0.4 is 0 Å². The molecule has 0 aromatic heterocycles. The van der Waals surface area contributed by atoms with Gasteiger partial charge in [-0.1, -0.05) is 25.5 Å². The molecule has 3 heteroatoms. The van der Waals surface area contributed by atoms with Crippen molar-refractivity contribution in [3.05, 3.63) is 23.3 Å². The predicted molar refractivity (Wildman–Crippen MR) is 99.2 cm³/mol. The number of hydrogen-bond donors (Lipinski definition) is 0. The third-order valence-corrected chi connectivity index (χ3v) is 9.02. The van der Waals surface area contributed by atoms with E-state index in [0.29, 0.717) is 35.6 Å². The first-order valence-corrected chi connectivity index (χ1v) is 10.5. The van der Waals surface area contributed by atoms with Gasteiger partial charge in [-0.15, -0.1) is 0 Å². The van der Waals surface area contributed by atoms with E-state index in [2.05, 4.69) is 19.9 Å². The Kier molecular flexibility index (Phi) is 3.59. The summed E-state index contributed by atoms with van der Waals surface area (Å²) >= 11 is 0. The number of allylic oxidation sites excluding steroid dienone is 2. The average Bonchev–Trinajstić information content (AvgIpc) is 3.18. The summed E-state index contributed by atoms with van der Waals surface area (Å²) in [7, 11) is 0. The summed E-state index contributed by atoms with van der Waals surface area (Å²) in [5, 5.41) is 0. The Hall–Kier alpha value is -1.38. The van der Waals surface area contributed by atoms with Gasteiger partial charge in [-0.25, -0.2) is 4.79 Å². The van der Waals surface area contributed by atoms with Gasteiger partial charge in [0.05, 0.1) is 0 Å². The van der Waals surface area contributed by atoms with E-state index in [1.54, 1.807) is 11.6 Å². The zero-order valence-corrected chi connectivity index (χ0v) is 16.1. The lowest BCUT2D eigenvalue weighted by Crippen LogP contribution is -2.51. The summed E-state index contributed by atoms with van der Waals surface area (Å²) in [5.41, 5.74) is 3.44. The Morgan fingerprint density at radius 1 is 1.12 bits per heavy atom. The standard InChI is InChI=1S/C23H30O3/c1-22-9-7-16(24)12-15(22)3-4-17-19-6-5-18(14-11-21(25)26-13-14)23(19,2)10-8-20(17)22/h6,11,15,17-18,20H,3-5,7-10,12-13H2,1-2H3/t15-,17+,18-,20+,22+,23-/m1/s1. The second-order valence-electron chi connectivity index (χ2n) is 9.97. The summed E-state index contributed by atoms with van der Waals surface area (Å²) in [5.74, 6) is 2.81. The minimum atomic E-state index is -0.161. The average molecular weight is 354 g/mol. The van der Waals surface area contributed by atoms with Crippen LogP contribution in [0.2, 0.25) is 0 Å². The molecule has 1 aliphatic heterocycles. The fourth-order valence-electron chi connectivity index (χ4n) is 7.53. The molecule has 5 rings (SSSR count). The van der Waals surface area contributed by atoms with Crippen LogP contribution in [0, 0.1) is 34.5 Å². The third-order valence-electron chi connectivity index (χ3n) is 9.02. The van der Waals surface area contributed by atoms with Crippen molar-refractivity contribution < 1.29 is 14.3 Å². The van der Waals surface area contributed by atoms with Crippen LogP contribution >= 0.6 is 0 Å². The van der Waals surface area contributed by atoms with E-state index in [0.717, 1.165) is 31.6 Å². The lowest BCUT2D eigenvalue weighted by Gasteiger charge is -2.58. The molecule has 0 bridgehead atoms. The van der Waals surface area contributed by atoms with Gasteiger partial charge < -0.3 is 4.74 Å². The molecule has 0 saturated heterocycles. The highest BCUT2D eigenvalue weighted by molar-refractivity contribution is 5.85. The normalized spacial score (nSPS) is 47.5. The number of hydrogen-bond acceptors (Lipinski definition) is 3. The zero-order chi connectivity index (χ0) is 18.1. The van der Waals surface area contributed by atoms with Crippen LogP contribution in [-0.4, -0.2) is 18.4 Å². The summed E-state index contributed by atoms with van der Waals surface area (Å²) in [6, 6.07) is 0. The highest BCUT2D eigenvalue weighted by atomic mass is 16.5. The minimum Gasteiger partial charge on any atom is -0.458 e. The number of fused-ring (bicyclic) bond motifs is 5. The molecule has 6 atom stereocenters. The van der Waals surface area contributed by atoms with Crippen molar-refractivity contribution in [1.29, 1.82) is 0 Å². The fraction of sp³-hybridized carbons (Fsp3) is 0.739. The first-order valence-electron chi connectivity index (χ1n) is 10.5. The van der Waals surface area contributed by atoms with Gasteiger partial charge in [-0.2, -0.15) is 0 Å². The zero-order valence-electron chi connectivity index (χ0n) is 16.1. The van der Waals surface area contributed by atoms with E-state index in [9.17, 15) is 9.59 Å². The molecule has 0 aromatic carbocycles. The molecule has 0 radical (unpaired) electrons. The molecule has 0 spiro atoms. The maximum atomic E-state index is 12.0. The van der Waals surface area contributed by atoms with Crippen molar-refractivity contribution in [2.24, 2.45) is 34.5 Å². The van der Waals surface area contributed by atoms with Crippen molar-refractivity contribution in [2.75, 3.05) is 6.61 Å². The van der Waals surface area contributed by atoms with Crippen LogP contribution in [0.15, 0.2) is 23.3 Å². The second kappa shape index (κ2) is 5.56. The number of cyclic esters (lactones) is 1. The van der Waals surface area contributed by atoms with Gasteiger partial charge in [-0.05, 0) is 78.6 Å². The number of Topliss-reactive ketones (excluding diaryl/α,β-unsaturated/α-hetero) is 1. The van der Waals surface area contributed by atoms with Crippen molar-refractivity contribution in [2.45, 2.75) is 65.2 Å². The number of carbonyl (C=O) groups excluding carboxylic acids is 2. The van der Waals surface area contributed by atoms with Gasteiger partial charge >= 0.3 is 5.97 Å². The third kappa shape index (κ3) is 2.18. The van der Waals surface area contributed by atoms with E-state index in [-0.39, 0.29) is 11.4 Å². The molecule has 26 heavy (non-hydrogen) atoms. The number of esters is 1. The second-order valence-corrected chi connectivity index (χ2v) is 9.97. The molecule has 0 amide bonds. The molecule has 5 aliphatic rings. The fourth-order valence-corrected chi connectivity index (χ4v) is 7.53. The van der Waals surface area contributed by atoms with Crippen molar-refractivity contribution in [3.8, 4) is 0 Å². The van der Waals surface area contributed by atoms with Crippen LogP contribution in [0.3, 0.4) is 0 Å². The molecule has 4 aliphatic carbocycles. The summed E-state index contributed by atoms with van der Waals surface area (Å²) in [4.78, 5) is 23.6. The van der Waals surface area contributed by atoms with Gasteiger partial charge in [0, 0.05) is 18.9 Å². The number of rotatable bonds is 1. The minimum absolute atomic E-state index is 0.161. The molecule has 0 N–H and O–H groups in total. The van der Waals surface area contributed by atoms with Gasteiger partial charge in [0.1, 0.15) is 12.4 Å². The Labute approximate surface area is 156 Å². The van der Waals surface area contributed by atoms with Crippen molar-refractivity contribution in [3.63, 3.8) is 0 Å². The maximum Gasteiger partial charge on any atom is 0.331 e. The number of carbonyl (C=O) groups is 2. The molecule has 0 aromatic rings. The van der Waals surface area contributed by atoms with E-state index in [1.807, 2.05) is 0 Å². The lowest BCUT2D eigenvalue weighted by molar-refractivity contribution is -0.135. The van der Waals surface area contributed by atoms with Crippen LogP contribution in [0.4, 0.5) is 0 Å². The predicted octanol–water partition coefficient (Wildman–Crippen LogP) is 4.62. The van der Waals surface area contributed by atoms with Crippen molar-refractivity contribution >= 4 is 11.8 Å². The van der Waals surface area contributed by atoms with E-state index in [1.165, 1.54) is 31.3 Å². The Balaban J connectivity index is 1.44. The van der Waals surface area contributed by atoms with Crippen molar-refractivity contribution in [1.82, 2.24) is 0 Å². The summed E-state index contributed by atoms with van der Waals surface area (Å²) < 4.78 is 5.22. The van der Waals surface area contributed by atoms with E-state index in [4.69, 9.17) is 4.74 Å². The van der Waals surface area contributed by atoms with Crippen LogP contribution in [-0.2, 0) is 14.3 Å². The topological polar surface area (TPSA) is 43.4 Å². The molecule has 3 fully saturated rings. The largest absolute Gasteiger partial charge is 0.458 e. The highest BCUT2D eigenvalue weighted by Crippen LogP contribution is 2.66. The van der Waals surface area contributed by atoms with E-state index < -0.39 is 0 Å². The van der Waals surface area contributed by atoms with Gasteiger partial charge in [0.2, 0.25) is 0 Å².